The van der Waals surface area contributed by atoms with Crippen LogP contribution in [-0.4, -0.2) is 13.1 Å². The van der Waals surface area contributed by atoms with Gasteiger partial charge in [-0.2, -0.15) is 0 Å². The highest BCUT2D eigenvalue weighted by Crippen LogP contribution is 2.21. The van der Waals surface area contributed by atoms with Crippen molar-refractivity contribution in [2.24, 2.45) is 5.92 Å². The van der Waals surface area contributed by atoms with Crippen LogP contribution in [0.25, 0.3) is 0 Å². The summed E-state index contributed by atoms with van der Waals surface area (Å²) in [6.45, 7) is 2.97. The molecule has 24 heavy (non-hydrogen) atoms. The first kappa shape index (κ1) is 17.3. The molecular formula is C21H26ClNO. The lowest BCUT2D eigenvalue weighted by atomic mass is 9.91. The van der Waals surface area contributed by atoms with Gasteiger partial charge >= 0.3 is 0 Å². The van der Waals surface area contributed by atoms with Crippen molar-refractivity contribution in [3.8, 4) is 5.75 Å². The summed E-state index contributed by atoms with van der Waals surface area (Å²) in [5, 5.41) is 4.19. The lowest BCUT2D eigenvalue weighted by Gasteiger charge is -2.22. The van der Waals surface area contributed by atoms with E-state index in [2.05, 4.69) is 29.6 Å². The Kier molecular flexibility index (Phi) is 6.57. The van der Waals surface area contributed by atoms with Crippen molar-refractivity contribution in [1.82, 2.24) is 5.32 Å². The van der Waals surface area contributed by atoms with Crippen LogP contribution in [0.1, 0.15) is 36.8 Å². The predicted octanol–water partition coefficient (Wildman–Crippen LogP) is 5.24. The predicted molar refractivity (Wildman–Crippen MR) is 101 cm³/mol. The molecule has 0 unspecified atom stereocenters. The van der Waals surface area contributed by atoms with E-state index in [1.165, 1.54) is 50.8 Å². The SMILES string of the molecule is Clc1ccc(COc2ccc(CCCC3CCNCC3)cc2)cc1. The molecule has 1 fully saturated rings. The maximum absolute atomic E-state index is 5.89. The zero-order chi connectivity index (χ0) is 16.6. The monoisotopic (exact) mass is 343 g/mol. The van der Waals surface area contributed by atoms with Crippen LogP contribution in [0.5, 0.6) is 5.75 Å². The highest BCUT2D eigenvalue weighted by molar-refractivity contribution is 6.30. The Bertz CT molecular complexity index is 603. The molecule has 0 bridgehead atoms. The minimum Gasteiger partial charge on any atom is -0.489 e. The van der Waals surface area contributed by atoms with Crippen molar-refractivity contribution in [3.05, 3.63) is 64.7 Å². The summed E-state index contributed by atoms with van der Waals surface area (Å²) in [6.07, 6.45) is 6.50. The molecule has 0 saturated carbocycles. The zero-order valence-corrected chi connectivity index (χ0v) is 14.9. The van der Waals surface area contributed by atoms with Gasteiger partial charge in [0.05, 0.1) is 0 Å². The van der Waals surface area contributed by atoms with Gasteiger partial charge in [0.25, 0.3) is 0 Å². The van der Waals surface area contributed by atoms with Crippen molar-refractivity contribution in [2.75, 3.05) is 13.1 Å². The second-order valence-electron chi connectivity index (χ2n) is 6.64. The average molecular weight is 344 g/mol. The molecule has 0 aromatic heterocycles. The van der Waals surface area contributed by atoms with E-state index in [0.29, 0.717) is 6.61 Å². The van der Waals surface area contributed by atoms with E-state index < -0.39 is 0 Å². The van der Waals surface area contributed by atoms with Crippen LogP contribution in [-0.2, 0) is 13.0 Å². The number of hydrogen-bond acceptors (Lipinski definition) is 2. The molecule has 0 amide bonds. The molecule has 2 aromatic carbocycles. The highest BCUT2D eigenvalue weighted by Gasteiger charge is 2.12. The summed E-state index contributed by atoms with van der Waals surface area (Å²) < 4.78 is 5.84. The molecule has 1 heterocycles. The minimum absolute atomic E-state index is 0.576. The fourth-order valence-corrected chi connectivity index (χ4v) is 3.39. The van der Waals surface area contributed by atoms with Crippen molar-refractivity contribution in [1.29, 1.82) is 0 Å². The fraction of sp³-hybridized carbons (Fsp3) is 0.429. The Morgan fingerprint density at radius 3 is 2.29 bits per heavy atom. The first-order chi connectivity index (χ1) is 11.8. The Morgan fingerprint density at radius 2 is 1.58 bits per heavy atom. The summed E-state index contributed by atoms with van der Waals surface area (Å²) in [5.41, 5.74) is 2.54. The number of ether oxygens (including phenoxy) is 1. The maximum Gasteiger partial charge on any atom is 0.119 e. The third kappa shape index (κ3) is 5.54. The Labute approximate surface area is 150 Å². The molecule has 2 aromatic rings. The molecular weight excluding hydrogens is 318 g/mol. The zero-order valence-electron chi connectivity index (χ0n) is 14.1. The van der Waals surface area contributed by atoms with E-state index in [9.17, 15) is 0 Å². The fourth-order valence-electron chi connectivity index (χ4n) is 3.26. The number of benzene rings is 2. The first-order valence-electron chi connectivity index (χ1n) is 8.96. The van der Waals surface area contributed by atoms with E-state index in [-0.39, 0.29) is 0 Å². The number of hydrogen-bond donors (Lipinski definition) is 1. The second-order valence-corrected chi connectivity index (χ2v) is 7.08. The number of halogens is 1. The van der Waals surface area contributed by atoms with Crippen molar-refractivity contribution in [3.63, 3.8) is 0 Å². The molecule has 0 radical (unpaired) electrons. The molecule has 0 atom stereocenters. The summed E-state index contributed by atoms with van der Waals surface area (Å²) >= 11 is 5.89. The number of aryl methyl sites for hydroxylation is 1. The van der Waals surface area contributed by atoms with E-state index in [4.69, 9.17) is 16.3 Å². The average Bonchev–Trinajstić information content (AvgIpc) is 2.63. The molecule has 0 aliphatic carbocycles. The smallest absolute Gasteiger partial charge is 0.119 e. The molecule has 2 nitrogen and oxygen atoms in total. The van der Waals surface area contributed by atoms with Crippen molar-refractivity contribution >= 4 is 11.6 Å². The number of piperidine rings is 1. The van der Waals surface area contributed by atoms with Crippen LogP contribution in [0.4, 0.5) is 0 Å². The minimum atomic E-state index is 0.576. The summed E-state index contributed by atoms with van der Waals surface area (Å²) in [6, 6.07) is 16.3. The van der Waals surface area contributed by atoms with Crippen molar-refractivity contribution < 1.29 is 4.74 Å². The molecule has 3 heteroatoms. The van der Waals surface area contributed by atoms with Crippen LogP contribution in [0.2, 0.25) is 5.02 Å². The molecule has 1 aliphatic rings. The van der Waals surface area contributed by atoms with Crippen molar-refractivity contribution in [2.45, 2.75) is 38.7 Å². The topological polar surface area (TPSA) is 21.3 Å². The molecule has 1 N–H and O–H groups in total. The van der Waals surface area contributed by atoms with Gasteiger partial charge in [-0.3, -0.25) is 0 Å². The quantitative estimate of drug-likeness (QED) is 0.742. The molecule has 0 spiro atoms. The van der Waals surface area contributed by atoms with Crippen LogP contribution in [0.15, 0.2) is 48.5 Å². The van der Waals surface area contributed by atoms with Gasteiger partial charge in [0.15, 0.2) is 0 Å². The van der Waals surface area contributed by atoms with Gasteiger partial charge < -0.3 is 10.1 Å². The van der Waals surface area contributed by atoms with Crippen LogP contribution >= 0.6 is 11.6 Å². The maximum atomic E-state index is 5.89. The second kappa shape index (κ2) is 9.10. The van der Waals surface area contributed by atoms with E-state index in [0.717, 1.165) is 22.3 Å². The Hall–Kier alpha value is -1.51. The lowest BCUT2D eigenvalue weighted by molar-refractivity contribution is 0.306. The lowest BCUT2D eigenvalue weighted by Crippen LogP contribution is -2.27. The molecule has 3 rings (SSSR count). The van der Waals surface area contributed by atoms with E-state index >= 15 is 0 Å². The van der Waals surface area contributed by atoms with E-state index in [1.807, 2.05) is 24.3 Å². The van der Waals surface area contributed by atoms with Gasteiger partial charge in [-0.1, -0.05) is 42.3 Å². The number of nitrogens with one attached hydrogen (secondary N) is 1. The normalized spacial score (nSPS) is 15.4. The summed E-state index contributed by atoms with van der Waals surface area (Å²) in [7, 11) is 0. The van der Waals surface area contributed by atoms with Gasteiger partial charge in [-0.15, -0.1) is 0 Å². The van der Waals surface area contributed by atoms with E-state index in [1.54, 1.807) is 0 Å². The highest BCUT2D eigenvalue weighted by atomic mass is 35.5. The standard InChI is InChI=1S/C21H26ClNO/c22-20-8-4-19(5-9-20)16-24-21-10-6-17(7-11-21)2-1-3-18-12-14-23-15-13-18/h4-11,18,23H,1-3,12-16H2. The molecule has 1 saturated heterocycles. The molecule has 128 valence electrons. The van der Waals surface area contributed by atoms with Gasteiger partial charge in [0.2, 0.25) is 0 Å². The van der Waals surface area contributed by atoms with Crippen LogP contribution in [0.3, 0.4) is 0 Å². The van der Waals surface area contributed by atoms with Gasteiger partial charge in [-0.25, -0.2) is 0 Å². The van der Waals surface area contributed by atoms with Gasteiger partial charge in [-0.05, 0) is 80.1 Å². The molecule has 1 aliphatic heterocycles. The third-order valence-corrected chi connectivity index (χ3v) is 5.03. The van der Waals surface area contributed by atoms with Gasteiger partial charge in [0, 0.05) is 5.02 Å². The van der Waals surface area contributed by atoms with Crippen LogP contribution < -0.4 is 10.1 Å². The summed E-state index contributed by atoms with van der Waals surface area (Å²) in [5.74, 6) is 1.85. The third-order valence-electron chi connectivity index (χ3n) is 4.78. The van der Waals surface area contributed by atoms with Crippen LogP contribution in [0, 0.1) is 5.92 Å². The summed E-state index contributed by atoms with van der Waals surface area (Å²) in [4.78, 5) is 0. The Balaban J connectivity index is 1.40. The largest absolute Gasteiger partial charge is 0.489 e. The number of rotatable bonds is 7. The Morgan fingerprint density at radius 1 is 0.917 bits per heavy atom. The van der Waals surface area contributed by atoms with Gasteiger partial charge in [0.1, 0.15) is 12.4 Å². The first-order valence-corrected chi connectivity index (χ1v) is 9.34.